The maximum Gasteiger partial charge on any atom is 0.227 e. The first-order valence-corrected chi connectivity index (χ1v) is 6.02. The third-order valence-corrected chi connectivity index (χ3v) is 2.86. The third kappa shape index (κ3) is 3.88. The zero-order valence-corrected chi connectivity index (χ0v) is 10.7. The van der Waals surface area contributed by atoms with Crippen molar-refractivity contribution in [3.05, 3.63) is 65.7 Å². The molecule has 3 nitrogen and oxygen atoms in total. The quantitative estimate of drug-likeness (QED) is 0.843. The Morgan fingerprint density at radius 2 is 1.74 bits per heavy atom. The molecule has 0 aliphatic heterocycles. The lowest BCUT2D eigenvalue weighted by Gasteiger charge is -2.17. The van der Waals surface area contributed by atoms with Crippen LogP contribution in [0.5, 0.6) is 0 Å². The van der Waals surface area contributed by atoms with Gasteiger partial charge in [-0.25, -0.2) is 4.39 Å². The van der Waals surface area contributed by atoms with Gasteiger partial charge in [-0.2, -0.15) is 0 Å². The largest absolute Gasteiger partial charge is 0.341 e. The molecule has 1 amide bonds. The summed E-state index contributed by atoms with van der Waals surface area (Å²) < 4.78 is 12.8. The fourth-order valence-corrected chi connectivity index (χ4v) is 1.76. The topological polar surface area (TPSA) is 33.2 Å². The number of nitrogens with zero attached hydrogens (tertiary/aromatic N) is 2. The average molecular weight is 258 g/mol. The number of carbonyl (C=O) groups is 1. The Morgan fingerprint density at radius 3 is 2.37 bits per heavy atom. The first-order chi connectivity index (χ1) is 9.15. The van der Waals surface area contributed by atoms with Gasteiger partial charge in [0, 0.05) is 26.0 Å². The summed E-state index contributed by atoms with van der Waals surface area (Å²) in [5, 5.41) is 0. The molecule has 1 aromatic carbocycles. The number of pyridine rings is 1. The predicted octanol–water partition coefficient (Wildman–Crippen LogP) is 2.42. The molecule has 2 aromatic rings. The average Bonchev–Trinajstić information content (AvgIpc) is 2.42. The van der Waals surface area contributed by atoms with Crippen LogP contribution in [0, 0.1) is 5.82 Å². The van der Waals surface area contributed by atoms with Crippen LogP contribution >= 0.6 is 0 Å². The number of likely N-dealkylation sites (N-methyl/N-ethyl adjacent to an activating group) is 1. The van der Waals surface area contributed by atoms with Crippen molar-refractivity contribution in [1.29, 1.82) is 0 Å². The molecule has 0 aliphatic carbocycles. The monoisotopic (exact) mass is 258 g/mol. The number of amides is 1. The number of rotatable bonds is 4. The molecule has 0 radical (unpaired) electrons. The van der Waals surface area contributed by atoms with E-state index >= 15 is 0 Å². The van der Waals surface area contributed by atoms with E-state index in [1.54, 1.807) is 36.5 Å². The smallest absolute Gasteiger partial charge is 0.227 e. The van der Waals surface area contributed by atoms with Crippen molar-refractivity contribution < 1.29 is 9.18 Å². The van der Waals surface area contributed by atoms with Crippen molar-refractivity contribution in [3.8, 4) is 0 Å². The molecule has 0 unspecified atom stereocenters. The van der Waals surface area contributed by atoms with E-state index < -0.39 is 0 Å². The highest BCUT2D eigenvalue weighted by atomic mass is 19.1. The van der Waals surface area contributed by atoms with Gasteiger partial charge in [0.15, 0.2) is 0 Å². The van der Waals surface area contributed by atoms with Gasteiger partial charge in [0.25, 0.3) is 0 Å². The molecule has 98 valence electrons. The van der Waals surface area contributed by atoms with Crippen LogP contribution in [0.2, 0.25) is 0 Å². The lowest BCUT2D eigenvalue weighted by atomic mass is 10.1. The zero-order chi connectivity index (χ0) is 13.7. The van der Waals surface area contributed by atoms with E-state index in [0.29, 0.717) is 6.54 Å². The van der Waals surface area contributed by atoms with Crippen LogP contribution in [-0.4, -0.2) is 22.8 Å². The van der Waals surface area contributed by atoms with E-state index in [4.69, 9.17) is 0 Å². The van der Waals surface area contributed by atoms with E-state index in [2.05, 4.69) is 4.98 Å². The van der Waals surface area contributed by atoms with Gasteiger partial charge in [0.05, 0.1) is 6.42 Å². The molecule has 0 saturated carbocycles. The summed E-state index contributed by atoms with van der Waals surface area (Å²) in [6.45, 7) is 0.544. The van der Waals surface area contributed by atoms with Crippen LogP contribution in [0.1, 0.15) is 11.1 Å². The van der Waals surface area contributed by atoms with Gasteiger partial charge in [-0.15, -0.1) is 0 Å². The van der Waals surface area contributed by atoms with Gasteiger partial charge in [0.2, 0.25) is 5.91 Å². The van der Waals surface area contributed by atoms with Crippen molar-refractivity contribution in [2.24, 2.45) is 0 Å². The summed E-state index contributed by atoms with van der Waals surface area (Å²) in [6, 6.07) is 9.75. The molecule has 0 fully saturated rings. The van der Waals surface area contributed by atoms with Crippen LogP contribution in [0.4, 0.5) is 4.39 Å². The molecule has 0 N–H and O–H groups in total. The first-order valence-electron chi connectivity index (χ1n) is 6.02. The molecule has 0 atom stereocenters. The highest BCUT2D eigenvalue weighted by molar-refractivity contribution is 5.78. The lowest BCUT2D eigenvalue weighted by molar-refractivity contribution is -0.129. The van der Waals surface area contributed by atoms with E-state index in [0.717, 1.165) is 11.1 Å². The Balaban J connectivity index is 1.94. The summed E-state index contributed by atoms with van der Waals surface area (Å²) in [5.41, 5.74) is 1.85. The number of hydrogen-bond donors (Lipinski definition) is 0. The van der Waals surface area contributed by atoms with Crippen molar-refractivity contribution in [2.45, 2.75) is 13.0 Å². The molecular formula is C15H15FN2O. The molecule has 0 spiro atoms. The van der Waals surface area contributed by atoms with Gasteiger partial charge >= 0.3 is 0 Å². The summed E-state index contributed by atoms with van der Waals surface area (Å²) in [7, 11) is 1.76. The maximum absolute atomic E-state index is 12.8. The predicted molar refractivity (Wildman–Crippen MR) is 70.8 cm³/mol. The second-order valence-electron chi connectivity index (χ2n) is 4.41. The van der Waals surface area contributed by atoms with Crippen LogP contribution in [0.3, 0.4) is 0 Å². The van der Waals surface area contributed by atoms with E-state index in [1.807, 2.05) is 12.1 Å². The van der Waals surface area contributed by atoms with E-state index in [-0.39, 0.29) is 18.1 Å². The summed E-state index contributed by atoms with van der Waals surface area (Å²) >= 11 is 0. The first kappa shape index (κ1) is 13.2. The van der Waals surface area contributed by atoms with Crippen molar-refractivity contribution in [3.63, 3.8) is 0 Å². The molecule has 19 heavy (non-hydrogen) atoms. The number of halogens is 1. The normalized spacial score (nSPS) is 10.2. The van der Waals surface area contributed by atoms with Gasteiger partial charge in [-0.05, 0) is 35.4 Å². The second kappa shape index (κ2) is 6.09. The SMILES string of the molecule is CN(Cc1ccncc1)C(=O)Cc1ccc(F)cc1. The number of aromatic nitrogens is 1. The molecule has 0 bridgehead atoms. The summed E-state index contributed by atoms with van der Waals surface area (Å²) in [5.74, 6) is -0.287. The lowest BCUT2D eigenvalue weighted by Crippen LogP contribution is -2.27. The van der Waals surface area contributed by atoms with Crippen molar-refractivity contribution in [2.75, 3.05) is 7.05 Å². The molecule has 2 rings (SSSR count). The Hall–Kier alpha value is -2.23. The van der Waals surface area contributed by atoms with Crippen molar-refractivity contribution >= 4 is 5.91 Å². The molecule has 1 aromatic heterocycles. The van der Waals surface area contributed by atoms with Gasteiger partial charge in [-0.3, -0.25) is 9.78 Å². The molecule has 4 heteroatoms. The minimum Gasteiger partial charge on any atom is -0.341 e. The fourth-order valence-electron chi connectivity index (χ4n) is 1.76. The Labute approximate surface area is 111 Å². The van der Waals surface area contributed by atoms with Gasteiger partial charge < -0.3 is 4.90 Å². The highest BCUT2D eigenvalue weighted by Crippen LogP contribution is 2.07. The summed E-state index contributed by atoms with van der Waals surface area (Å²) in [6.07, 6.45) is 3.68. The minimum absolute atomic E-state index is 0.00317. The van der Waals surface area contributed by atoms with Crippen molar-refractivity contribution in [1.82, 2.24) is 9.88 Å². The standard InChI is InChI=1S/C15H15FN2O/c1-18(11-13-6-8-17-9-7-13)15(19)10-12-2-4-14(16)5-3-12/h2-9H,10-11H2,1H3. The maximum atomic E-state index is 12.8. The molecule has 0 saturated heterocycles. The molecule has 0 aliphatic rings. The zero-order valence-electron chi connectivity index (χ0n) is 10.7. The minimum atomic E-state index is -0.290. The van der Waals surface area contributed by atoms with Gasteiger partial charge in [0.1, 0.15) is 5.82 Å². The number of hydrogen-bond acceptors (Lipinski definition) is 2. The summed E-state index contributed by atoms with van der Waals surface area (Å²) in [4.78, 5) is 17.6. The second-order valence-corrected chi connectivity index (χ2v) is 4.41. The Morgan fingerprint density at radius 1 is 1.11 bits per heavy atom. The Kier molecular flexibility index (Phi) is 4.23. The van der Waals surface area contributed by atoms with E-state index in [9.17, 15) is 9.18 Å². The molecular weight excluding hydrogens is 243 g/mol. The van der Waals surface area contributed by atoms with Crippen LogP contribution in [0.15, 0.2) is 48.8 Å². The number of carbonyl (C=O) groups excluding carboxylic acids is 1. The highest BCUT2D eigenvalue weighted by Gasteiger charge is 2.10. The van der Waals surface area contributed by atoms with Crippen LogP contribution < -0.4 is 0 Å². The van der Waals surface area contributed by atoms with Crippen LogP contribution in [0.25, 0.3) is 0 Å². The van der Waals surface area contributed by atoms with Crippen LogP contribution in [-0.2, 0) is 17.8 Å². The third-order valence-electron chi connectivity index (χ3n) is 2.86. The van der Waals surface area contributed by atoms with Gasteiger partial charge in [-0.1, -0.05) is 12.1 Å². The number of benzene rings is 1. The molecule has 1 heterocycles. The van der Waals surface area contributed by atoms with E-state index in [1.165, 1.54) is 12.1 Å². The fraction of sp³-hybridized carbons (Fsp3) is 0.200. The Bertz CT molecular complexity index is 540.